The topological polar surface area (TPSA) is 20.2 Å². The van der Waals surface area contributed by atoms with Gasteiger partial charge in [0, 0.05) is 16.0 Å². The summed E-state index contributed by atoms with van der Waals surface area (Å²) in [6.45, 7) is 0. The van der Waals surface area contributed by atoms with Gasteiger partial charge in [-0.2, -0.15) is 11.3 Å². The molecule has 1 unspecified atom stereocenters. The molecule has 0 aliphatic rings. The van der Waals surface area contributed by atoms with E-state index in [9.17, 15) is 9.50 Å². The highest BCUT2D eigenvalue weighted by Crippen LogP contribution is 2.32. The lowest BCUT2D eigenvalue weighted by Crippen LogP contribution is -1.97. The molecule has 0 spiro atoms. The minimum Gasteiger partial charge on any atom is -0.387 e. The van der Waals surface area contributed by atoms with Crippen molar-refractivity contribution in [1.29, 1.82) is 0 Å². The quantitative estimate of drug-likeness (QED) is 0.754. The molecule has 3 rings (SSSR count). The summed E-state index contributed by atoms with van der Waals surface area (Å²) in [4.78, 5) is 0.891. The maximum Gasteiger partial charge on any atom is 0.124 e. The molecule has 0 fully saturated rings. The fourth-order valence-corrected chi connectivity index (χ4v) is 3.68. The molecule has 2 heterocycles. The van der Waals surface area contributed by atoms with Gasteiger partial charge in [0.15, 0.2) is 0 Å². The molecule has 1 N–H and O–H groups in total. The Bertz CT molecular complexity index is 658. The van der Waals surface area contributed by atoms with Crippen molar-refractivity contribution in [2.75, 3.05) is 0 Å². The SMILES string of the molecule is OC(Cc1ccsc1)c1cc2ccc(F)cc2s1. The van der Waals surface area contributed by atoms with Crippen LogP contribution in [-0.2, 0) is 6.42 Å². The second-order valence-corrected chi connectivity index (χ2v) is 6.08. The van der Waals surface area contributed by atoms with Crippen molar-refractivity contribution in [3.8, 4) is 0 Å². The van der Waals surface area contributed by atoms with Crippen molar-refractivity contribution in [2.24, 2.45) is 0 Å². The number of aliphatic hydroxyl groups excluding tert-OH is 1. The Morgan fingerprint density at radius 3 is 2.89 bits per heavy atom. The summed E-state index contributed by atoms with van der Waals surface area (Å²) in [6, 6.07) is 8.67. The van der Waals surface area contributed by atoms with Crippen LogP contribution in [0.15, 0.2) is 41.1 Å². The van der Waals surface area contributed by atoms with E-state index in [0.717, 1.165) is 20.5 Å². The van der Waals surface area contributed by atoms with Crippen LogP contribution < -0.4 is 0 Å². The van der Waals surface area contributed by atoms with Crippen LogP contribution in [0.2, 0.25) is 0 Å². The zero-order valence-corrected chi connectivity index (χ0v) is 11.1. The summed E-state index contributed by atoms with van der Waals surface area (Å²) < 4.78 is 14.0. The first-order valence-corrected chi connectivity index (χ1v) is 7.36. The molecule has 4 heteroatoms. The van der Waals surface area contributed by atoms with Gasteiger partial charge in [-0.25, -0.2) is 4.39 Å². The first kappa shape index (κ1) is 11.8. The van der Waals surface area contributed by atoms with E-state index in [1.807, 2.05) is 22.9 Å². The number of aliphatic hydroxyl groups is 1. The van der Waals surface area contributed by atoms with Crippen molar-refractivity contribution >= 4 is 32.8 Å². The van der Waals surface area contributed by atoms with Crippen LogP contribution in [0.4, 0.5) is 4.39 Å². The second-order valence-electron chi connectivity index (χ2n) is 4.18. The molecule has 0 saturated heterocycles. The predicted molar refractivity (Wildman–Crippen MR) is 74.8 cm³/mol. The molecule has 1 nitrogen and oxygen atoms in total. The number of hydrogen-bond acceptors (Lipinski definition) is 3. The van der Waals surface area contributed by atoms with Crippen LogP contribution >= 0.6 is 22.7 Å². The lowest BCUT2D eigenvalue weighted by atomic mass is 10.1. The number of benzene rings is 1. The summed E-state index contributed by atoms with van der Waals surface area (Å²) in [5, 5.41) is 15.2. The van der Waals surface area contributed by atoms with Gasteiger partial charge in [0.2, 0.25) is 0 Å². The third kappa shape index (κ3) is 2.32. The number of fused-ring (bicyclic) bond motifs is 1. The summed E-state index contributed by atoms with van der Waals surface area (Å²) in [6.07, 6.45) is 0.0961. The van der Waals surface area contributed by atoms with Gasteiger partial charge in [0.05, 0.1) is 6.10 Å². The fraction of sp³-hybridized carbons (Fsp3) is 0.143. The van der Waals surface area contributed by atoms with E-state index in [-0.39, 0.29) is 5.82 Å². The smallest absolute Gasteiger partial charge is 0.124 e. The highest BCUT2D eigenvalue weighted by Gasteiger charge is 2.12. The lowest BCUT2D eigenvalue weighted by molar-refractivity contribution is 0.182. The van der Waals surface area contributed by atoms with Crippen molar-refractivity contribution in [1.82, 2.24) is 0 Å². The number of hydrogen-bond donors (Lipinski definition) is 1. The van der Waals surface area contributed by atoms with Crippen molar-refractivity contribution in [2.45, 2.75) is 12.5 Å². The Morgan fingerprint density at radius 2 is 2.11 bits per heavy atom. The van der Waals surface area contributed by atoms with E-state index >= 15 is 0 Å². The van der Waals surface area contributed by atoms with Gasteiger partial charge in [0.1, 0.15) is 5.82 Å². The average molecular weight is 278 g/mol. The van der Waals surface area contributed by atoms with Gasteiger partial charge in [-0.15, -0.1) is 11.3 Å². The largest absolute Gasteiger partial charge is 0.387 e. The minimum absolute atomic E-state index is 0.233. The van der Waals surface area contributed by atoms with Gasteiger partial charge in [-0.1, -0.05) is 6.07 Å². The van der Waals surface area contributed by atoms with E-state index in [1.165, 1.54) is 23.5 Å². The second kappa shape index (κ2) is 4.80. The molecule has 92 valence electrons. The van der Waals surface area contributed by atoms with Crippen LogP contribution in [0.25, 0.3) is 10.1 Å². The molecule has 0 saturated carbocycles. The van der Waals surface area contributed by atoms with Crippen LogP contribution in [0.5, 0.6) is 0 Å². The first-order chi connectivity index (χ1) is 8.72. The van der Waals surface area contributed by atoms with E-state index < -0.39 is 6.10 Å². The molecule has 1 aromatic carbocycles. The zero-order valence-electron chi connectivity index (χ0n) is 9.47. The molecule has 3 aromatic rings. The van der Waals surface area contributed by atoms with E-state index in [1.54, 1.807) is 17.4 Å². The van der Waals surface area contributed by atoms with Crippen LogP contribution in [0.3, 0.4) is 0 Å². The summed E-state index contributed by atoms with van der Waals surface area (Å²) in [5.74, 6) is -0.233. The molecule has 0 aliphatic heterocycles. The summed E-state index contributed by atoms with van der Waals surface area (Å²) >= 11 is 3.08. The third-order valence-corrected chi connectivity index (χ3v) is 4.77. The fourth-order valence-electron chi connectivity index (χ4n) is 1.92. The summed E-state index contributed by atoms with van der Waals surface area (Å²) in [7, 11) is 0. The van der Waals surface area contributed by atoms with E-state index in [2.05, 4.69) is 0 Å². The van der Waals surface area contributed by atoms with Crippen LogP contribution in [0, 0.1) is 5.82 Å². The standard InChI is InChI=1S/C14H11FOS2/c15-11-2-1-10-6-14(18-13(10)7-11)12(16)5-9-3-4-17-8-9/h1-4,6-8,12,16H,5H2. The molecule has 18 heavy (non-hydrogen) atoms. The lowest BCUT2D eigenvalue weighted by Gasteiger charge is -2.05. The molecule has 1 atom stereocenters. The molecular weight excluding hydrogens is 267 g/mol. The highest BCUT2D eigenvalue weighted by atomic mass is 32.1. The van der Waals surface area contributed by atoms with E-state index in [4.69, 9.17) is 0 Å². The molecule has 0 amide bonds. The Morgan fingerprint density at radius 1 is 1.22 bits per heavy atom. The number of rotatable bonds is 3. The maximum atomic E-state index is 13.1. The van der Waals surface area contributed by atoms with Gasteiger partial charge >= 0.3 is 0 Å². The first-order valence-electron chi connectivity index (χ1n) is 5.60. The van der Waals surface area contributed by atoms with E-state index in [0.29, 0.717) is 6.42 Å². The van der Waals surface area contributed by atoms with Crippen molar-refractivity contribution in [3.05, 3.63) is 57.3 Å². The Labute approximate surface area is 112 Å². The maximum absolute atomic E-state index is 13.1. The van der Waals surface area contributed by atoms with Gasteiger partial charge in [0.25, 0.3) is 0 Å². The number of thiophene rings is 2. The van der Waals surface area contributed by atoms with Crippen LogP contribution in [-0.4, -0.2) is 5.11 Å². The third-order valence-electron chi connectivity index (χ3n) is 2.84. The predicted octanol–water partition coefficient (Wildman–Crippen LogP) is 4.38. The molecule has 0 bridgehead atoms. The number of halogens is 1. The molecule has 0 aliphatic carbocycles. The minimum atomic E-state index is -0.514. The molecule has 0 radical (unpaired) electrons. The Balaban J connectivity index is 1.89. The van der Waals surface area contributed by atoms with Gasteiger partial charge in [-0.3, -0.25) is 0 Å². The van der Waals surface area contributed by atoms with Crippen molar-refractivity contribution < 1.29 is 9.50 Å². The highest BCUT2D eigenvalue weighted by molar-refractivity contribution is 7.19. The monoisotopic (exact) mass is 278 g/mol. The van der Waals surface area contributed by atoms with Gasteiger partial charge in [-0.05, 0) is 46.0 Å². The Hall–Kier alpha value is -1.23. The molecule has 2 aromatic heterocycles. The van der Waals surface area contributed by atoms with Crippen molar-refractivity contribution in [3.63, 3.8) is 0 Å². The van der Waals surface area contributed by atoms with Crippen LogP contribution in [0.1, 0.15) is 16.5 Å². The average Bonchev–Trinajstić information content (AvgIpc) is 2.96. The Kier molecular flexibility index (Phi) is 3.16. The zero-order chi connectivity index (χ0) is 12.5. The van der Waals surface area contributed by atoms with Gasteiger partial charge < -0.3 is 5.11 Å². The molecular formula is C14H11FOS2. The normalized spacial score (nSPS) is 13.0. The summed E-state index contributed by atoms with van der Waals surface area (Å²) in [5.41, 5.74) is 1.14.